The van der Waals surface area contributed by atoms with Crippen molar-refractivity contribution in [3.63, 3.8) is 0 Å². The topological polar surface area (TPSA) is 105 Å². The van der Waals surface area contributed by atoms with Crippen LogP contribution in [0.15, 0.2) is 24.3 Å². The molecule has 0 unspecified atom stereocenters. The van der Waals surface area contributed by atoms with Crippen molar-refractivity contribution in [2.24, 2.45) is 0 Å². The minimum atomic E-state index is -0.817. The van der Waals surface area contributed by atoms with E-state index in [1.165, 1.54) is 0 Å². The summed E-state index contributed by atoms with van der Waals surface area (Å²) in [6.45, 7) is 4.65. The second kappa shape index (κ2) is 6.70. The Balaban J connectivity index is 2.87. The number of nitrogens with zero attached hydrogens (tertiary/aromatic N) is 2. The number of carbonyl (C=O) groups is 1. The van der Waals surface area contributed by atoms with Crippen LogP contribution in [-0.2, 0) is 4.74 Å². The average Bonchev–Trinajstić information content (AvgIpc) is 2.35. The average molecular weight is 291 g/mol. The van der Waals surface area contributed by atoms with Gasteiger partial charge in [-0.25, -0.2) is 4.79 Å². The fourth-order valence-electron chi connectivity index (χ4n) is 1.62. The molecule has 21 heavy (non-hydrogen) atoms. The molecule has 112 valence electrons. The number of carbonyl (C=O) groups excluding carboxylic acids is 1. The van der Waals surface area contributed by atoms with Crippen LogP contribution in [0.4, 0.5) is 4.79 Å². The molecule has 0 fully saturated rings. The normalized spacial score (nSPS) is 12.1. The molecular weight excluding hydrogens is 274 g/mol. The highest BCUT2D eigenvalue weighted by Crippen LogP contribution is 2.16. The van der Waals surface area contributed by atoms with Crippen LogP contribution < -0.4 is 5.32 Å². The van der Waals surface area contributed by atoms with Gasteiger partial charge in [0.05, 0.1) is 11.6 Å². The Kier molecular flexibility index (Phi) is 5.24. The van der Waals surface area contributed by atoms with E-state index in [-0.39, 0.29) is 0 Å². The number of amides is 1. The summed E-state index contributed by atoms with van der Waals surface area (Å²) >= 11 is 0. The molecule has 1 aromatic carbocycles. The minimum Gasteiger partial charge on any atom is -0.444 e. The van der Waals surface area contributed by atoms with Gasteiger partial charge in [0.1, 0.15) is 11.6 Å². The summed E-state index contributed by atoms with van der Waals surface area (Å²) in [5.74, 6) is 0. The lowest BCUT2D eigenvalue weighted by Crippen LogP contribution is -2.37. The molecule has 0 aliphatic heterocycles. The Labute approximate surface area is 122 Å². The van der Waals surface area contributed by atoms with Gasteiger partial charge in [-0.1, -0.05) is 12.1 Å². The van der Waals surface area contributed by atoms with Crippen molar-refractivity contribution in [3.8, 4) is 6.07 Å². The van der Waals surface area contributed by atoms with Gasteiger partial charge in [-0.3, -0.25) is 10.1 Å². The minimum absolute atomic E-state index is 0.441. The van der Waals surface area contributed by atoms with Crippen molar-refractivity contribution >= 4 is 6.09 Å². The van der Waals surface area contributed by atoms with Crippen LogP contribution in [0.5, 0.6) is 0 Å². The molecule has 7 heteroatoms. The molecule has 1 rings (SSSR count). The summed E-state index contributed by atoms with van der Waals surface area (Å²) in [5.41, 5.74) is 0.293. The first kappa shape index (κ1) is 16.4. The Morgan fingerprint density at radius 1 is 1.43 bits per heavy atom. The zero-order valence-corrected chi connectivity index (χ0v) is 12.1. The number of hydrogen-bond acceptors (Lipinski definition) is 5. The van der Waals surface area contributed by atoms with Crippen molar-refractivity contribution in [2.45, 2.75) is 32.4 Å². The van der Waals surface area contributed by atoms with E-state index >= 15 is 0 Å². The third kappa shape index (κ3) is 5.91. The van der Waals surface area contributed by atoms with Gasteiger partial charge in [0.25, 0.3) is 0 Å². The van der Waals surface area contributed by atoms with Crippen LogP contribution in [0.25, 0.3) is 0 Å². The highest BCUT2D eigenvalue weighted by Gasteiger charge is 2.23. The van der Waals surface area contributed by atoms with Gasteiger partial charge >= 0.3 is 6.09 Å². The van der Waals surface area contributed by atoms with Crippen molar-refractivity contribution < 1.29 is 14.5 Å². The lowest BCUT2D eigenvalue weighted by atomic mass is 10.1. The van der Waals surface area contributed by atoms with E-state index in [1.54, 1.807) is 45.0 Å². The van der Waals surface area contributed by atoms with Crippen molar-refractivity contribution in [1.82, 2.24) is 5.32 Å². The largest absolute Gasteiger partial charge is 0.444 e. The lowest BCUT2D eigenvalue weighted by molar-refractivity contribution is -0.484. The second-order valence-corrected chi connectivity index (χ2v) is 5.45. The van der Waals surface area contributed by atoms with Crippen LogP contribution in [0.2, 0.25) is 0 Å². The molecular formula is C14H17N3O4. The summed E-state index contributed by atoms with van der Waals surface area (Å²) in [5, 5.41) is 21.9. The second-order valence-electron chi connectivity index (χ2n) is 5.45. The van der Waals surface area contributed by atoms with Crippen molar-refractivity contribution in [1.29, 1.82) is 5.26 Å². The van der Waals surface area contributed by atoms with E-state index in [2.05, 4.69) is 5.32 Å². The summed E-state index contributed by atoms with van der Waals surface area (Å²) in [7, 11) is 0. The first-order valence-electron chi connectivity index (χ1n) is 6.32. The zero-order valence-electron chi connectivity index (χ0n) is 12.1. The predicted molar refractivity (Wildman–Crippen MR) is 75.1 cm³/mol. The van der Waals surface area contributed by atoms with E-state index in [0.717, 1.165) is 0 Å². The Morgan fingerprint density at radius 2 is 2.00 bits per heavy atom. The molecule has 0 saturated carbocycles. The summed E-state index contributed by atoms with van der Waals surface area (Å²) in [6.07, 6.45) is -0.723. The predicted octanol–water partition coefficient (Wildman–Crippen LogP) is 2.40. The highest BCUT2D eigenvalue weighted by atomic mass is 16.6. The summed E-state index contributed by atoms with van der Waals surface area (Å²) in [6, 6.07) is 7.37. The van der Waals surface area contributed by atoms with Crippen molar-refractivity contribution in [2.75, 3.05) is 6.54 Å². The van der Waals surface area contributed by atoms with Crippen molar-refractivity contribution in [3.05, 3.63) is 45.5 Å². The van der Waals surface area contributed by atoms with Gasteiger partial charge in [0.15, 0.2) is 0 Å². The molecule has 1 aromatic rings. The van der Waals surface area contributed by atoms with Crippen LogP contribution in [0.1, 0.15) is 37.9 Å². The SMILES string of the molecule is CC(C)(C)OC(=O)N[C@H](C[N+](=O)[O-])c1ccc(C#N)cc1. The number of nitriles is 1. The van der Waals surface area contributed by atoms with Gasteiger partial charge in [-0.2, -0.15) is 5.26 Å². The number of alkyl carbamates (subject to hydrolysis) is 1. The first-order valence-corrected chi connectivity index (χ1v) is 6.32. The summed E-state index contributed by atoms with van der Waals surface area (Å²) in [4.78, 5) is 22.0. The van der Waals surface area contributed by atoms with Gasteiger partial charge in [-0.05, 0) is 38.5 Å². The van der Waals surface area contributed by atoms with Crippen LogP contribution in [0.3, 0.4) is 0 Å². The van der Waals surface area contributed by atoms with Gasteiger partial charge in [0, 0.05) is 4.92 Å². The molecule has 0 radical (unpaired) electrons. The molecule has 0 aliphatic rings. The monoisotopic (exact) mass is 291 g/mol. The highest BCUT2D eigenvalue weighted by molar-refractivity contribution is 5.68. The van der Waals surface area contributed by atoms with Gasteiger partial charge < -0.3 is 10.1 Å². The van der Waals surface area contributed by atoms with E-state index in [4.69, 9.17) is 10.00 Å². The maximum atomic E-state index is 11.7. The Bertz CT molecular complexity index is 555. The van der Waals surface area contributed by atoms with Gasteiger partial charge in [0.2, 0.25) is 6.54 Å². The van der Waals surface area contributed by atoms with Gasteiger partial charge in [-0.15, -0.1) is 0 Å². The number of nitrogens with one attached hydrogen (secondary N) is 1. The van der Waals surface area contributed by atoms with E-state index in [9.17, 15) is 14.9 Å². The van der Waals surface area contributed by atoms with E-state index in [1.807, 2.05) is 6.07 Å². The third-order valence-electron chi connectivity index (χ3n) is 2.46. The van der Waals surface area contributed by atoms with Crippen LogP contribution in [-0.4, -0.2) is 23.2 Å². The summed E-state index contributed by atoms with van der Waals surface area (Å²) < 4.78 is 5.09. The molecule has 0 aliphatic carbocycles. The molecule has 0 saturated heterocycles. The smallest absolute Gasteiger partial charge is 0.408 e. The first-order chi connectivity index (χ1) is 9.71. The Hall–Kier alpha value is -2.62. The molecule has 0 bridgehead atoms. The molecule has 7 nitrogen and oxygen atoms in total. The van der Waals surface area contributed by atoms with E-state index in [0.29, 0.717) is 11.1 Å². The molecule has 1 N–H and O–H groups in total. The fourth-order valence-corrected chi connectivity index (χ4v) is 1.62. The molecule has 0 spiro atoms. The zero-order chi connectivity index (χ0) is 16.0. The number of ether oxygens (including phenoxy) is 1. The lowest BCUT2D eigenvalue weighted by Gasteiger charge is -2.22. The Morgan fingerprint density at radius 3 is 2.43 bits per heavy atom. The number of benzene rings is 1. The molecule has 0 heterocycles. The molecule has 1 atom stereocenters. The van der Waals surface area contributed by atoms with Crippen LogP contribution >= 0.6 is 0 Å². The standard InChI is InChI=1S/C14H17N3O4/c1-14(2,3)21-13(18)16-12(9-17(19)20)11-6-4-10(8-15)5-7-11/h4-7,12H,9H2,1-3H3,(H,16,18)/t12-/m1/s1. The number of hydrogen-bond donors (Lipinski definition) is 1. The van der Waals surface area contributed by atoms with Crippen LogP contribution in [0, 0.1) is 21.4 Å². The van der Waals surface area contributed by atoms with E-state index < -0.39 is 29.2 Å². The quantitative estimate of drug-likeness (QED) is 0.677. The molecule has 1 amide bonds. The molecule has 0 aromatic heterocycles. The number of rotatable bonds is 4. The maximum absolute atomic E-state index is 11.7. The maximum Gasteiger partial charge on any atom is 0.408 e. The number of nitro groups is 1. The third-order valence-corrected chi connectivity index (χ3v) is 2.46. The fraction of sp³-hybridized carbons (Fsp3) is 0.429.